The van der Waals surface area contributed by atoms with Crippen LogP contribution in [0.15, 0.2) is 48.8 Å². The van der Waals surface area contributed by atoms with Crippen LogP contribution < -0.4 is 31.6 Å². The minimum absolute atomic E-state index is 0.0278. The van der Waals surface area contributed by atoms with E-state index >= 15 is 0 Å². The van der Waals surface area contributed by atoms with Gasteiger partial charge in [-0.2, -0.15) is 20.2 Å². The molecule has 0 unspecified atom stereocenters. The largest absolute Gasteiger partial charge is 0.496 e. The van der Waals surface area contributed by atoms with Gasteiger partial charge in [-0.05, 0) is 54.9 Å². The summed E-state index contributed by atoms with van der Waals surface area (Å²) in [6.45, 7) is 7.00. The van der Waals surface area contributed by atoms with E-state index in [9.17, 15) is 5.11 Å². The summed E-state index contributed by atoms with van der Waals surface area (Å²) in [4.78, 5) is 17.4. The lowest BCUT2D eigenvalue weighted by Crippen LogP contribution is -2.12. The van der Waals surface area contributed by atoms with E-state index in [0.717, 1.165) is 95.9 Å². The van der Waals surface area contributed by atoms with Crippen LogP contribution in [0.25, 0.3) is 22.1 Å². The molecule has 0 atom stereocenters. The first kappa shape index (κ1) is 40.0. The second kappa shape index (κ2) is 19.2. The zero-order valence-electron chi connectivity index (χ0n) is 33.1. The van der Waals surface area contributed by atoms with Gasteiger partial charge < -0.3 is 36.7 Å². The molecule has 0 bridgehead atoms. The van der Waals surface area contributed by atoms with Gasteiger partial charge in [0.25, 0.3) is 0 Å². The van der Waals surface area contributed by atoms with Gasteiger partial charge in [0.15, 0.2) is 11.6 Å². The number of unbranched alkanes of at least 4 members (excludes halogenated alkanes) is 2. The summed E-state index contributed by atoms with van der Waals surface area (Å²) in [6.07, 6.45) is 14.3. The lowest BCUT2D eigenvalue weighted by Gasteiger charge is -2.25. The molecule has 1 aliphatic carbocycles. The number of fused-ring (bicyclic) bond motifs is 2. The lowest BCUT2D eigenvalue weighted by molar-refractivity contribution is 0.281. The Morgan fingerprint density at radius 1 is 0.732 bits per heavy atom. The van der Waals surface area contributed by atoms with Gasteiger partial charge >= 0.3 is 0 Å². The quantitative estimate of drug-likeness (QED) is 0.0588. The van der Waals surface area contributed by atoms with Crippen molar-refractivity contribution in [2.75, 3.05) is 49.4 Å². The second-order valence-electron chi connectivity index (χ2n) is 14.3. The third-order valence-electron chi connectivity index (χ3n) is 10.2. The van der Waals surface area contributed by atoms with Crippen molar-refractivity contribution in [3.05, 3.63) is 71.0 Å². The Bertz CT molecular complexity index is 2200. The maximum Gasteiger partial charge on any atom is 0.222 e. The van der Waals surface area contributed by atoms with Crippen LogP contribution in [0.2, 0.25) is 0 Å². The topological polar surface area (TPSA) is 202 Å². The van der Waals surface area contributed by atoms with Crippen molar-refractivity contribution in [1.29, 1.82) is 0 Å². The Kier molecular flexibility index (Phi) is 13.7. The zero-order valence-corrected chi connectivity index (χ0v) is 33.1. The Hall–Kier alpha value is -5.70. The maximum absolute atomic E-state index is 9.30. The number of nitrogen functional groups attached to an aromatic ring is 2. The monoisotopic (exact) mass is 764 g/mol. The fraction of sp³-hybridized carbons (Fsp3) is 0.463. The predicted molar refractivity (Wildman–Crippen MR) is 222 cm³/mol. The van der Waals surface area contributed by atoms with Crippen molar-refractivity contribution in [1.82, 2.24) is 39.5 Å². The lowest BCUT2D eigenvalue weighted by atomic mass is 9.81. The Morgan fingerprint density at radius 3 is 1.68 bits per heavy atom. The molecule has 15 nitrogen and oxygen atoms in total. The van der Waals surface area contributed by atoms with Gasteiger partial charge in [0.2, 0.25) is 11.9 Å². The summed E-state index contributed by atoms with van der Waals surface area (Å²) in [5.41, 5.74) is 19.0. The first-order chi connectivity index (χ1) is 27.3. The van der Waals surface area contributed by atoms with Crippen molar-refractivity contribution in [3.8, 4) is 11.5 Å². The number of ether oxygens (including phenoxy) is 2. The van der Waals surface area contributed by atoms with E-state index in [1.165, 1.54) is 31.2 Å². The van der Waals surface area contributed by atoms with E-state index in [-0.39, 0.29) is 18.5 Å². The second-order valence-corrected chi connectivity index (χ2v) is 14.3. The number of hydrogen-bond acceptors (Lipinski definition) is 13. The summed E-state index contributed by atoms with van der Waals surface area (Å²) < 4.78 is 14.9. The number of nitrogens with two attached hydrogens (primary N) is 2. The number of anilines is 4. The van der Waals surface area contributed by atoms with Crippen molar-refractivity contribution < 1.29 is 14.6 Å². The highest BCUT2D eigenvalue weighted by atomic mass is 16.5. The maximum atomic E-state index is 9.30. The summed E-state index contributed by atoms with van der Waals surface area (Å²) >= 11 is 0. The number of aryl methyl sites for hydroxylation is 1. The number of aliphatic hydroxyl groups excluding tert-OH is 1. The summed E-state index contributed by atoms with van der Waals surface area (Å²) in [6, 6.07) is 12.2. The molecule has 4 aromatic heterocycles. The van der Waals surface area contributed by atoms with E-state index in [0.29, 0.717) is 30.2 Å². The van der Waals surface area contributed by atoms with Crippen LogP contribution in [-0.2, 0) is 26.1 Å². The van der Waals surface area contributed by atoms with Crippen LogP contribution in [-0.4, -0.2) is 71.9 Å². The summed E-state index contributed by atoms with van der Waals surface area (Å²) in [5.74, 6) is 4.43. The number of rotatable bonds is 18. The van der Waals surface area contributed by atoms with E-state index in [4.69, 9.17) is 20.9 Å². The molecular formula is C41H56N12O3. The first-order valence-corrected chi connectivity index (χ1v) is 19.7. The highest BCUT2D eigenvalue weighted by Gasteiger charge is 2.19. The Balaban J connectivity index is 0.000000192. The minimum Gasteiger partial charge on any atom is -0.496 e. The van der Waals surface area contributed by atoms with Gasteiger partial charge in [-0.15, -0.1) is 0 Å². The molecule has 1 aliphatic rings. The highest BCUT2D eigenvalue weighted by Crippen LogP contribution is 2.32. The molecule has 7 rings (SSSR count). The fourth-order valence-electron chi connectivity index (χ4n) is 6.85. The Labute approximate surface area is 328 Å². The normalized spacial score (nSPS) is 12.7. The minimum atomic E-state index is -0.0278. The molecule has 4 heterocycles. The van der Waals surface area contributed by atoms with Crippen LogP contribution in [0, 0.1) is 5.92 Å². The van der Waals surface area contributed by atoms with Crippen LogP contribution in [0.1, 0.15) is 87.5 Å². The van der Waals surface area contributed by atoms with Crippen LogP contribution >= 0.6 is 0 Å². The highest BCUT2D eigenvalue weighted by molar-refractivity contribution is 5.87. The van der Waals surface area contributed by atoms with Gasteiger partial charge in [0, 0.05) is 24.2 Å². The first-order valence-electron chi connectivity index (χ1n) is 19.7. The molecule has 1 saturated carbocycles. The fourth-order valence-corrected chi connectivity index (χ4v) is 6.85. The van der Waals surface area contributed by atoms with Crippen molar-refractivity contribution >= 4 is 45.6 Å². The molecule has 0 radical (unpaired) electrons. The smallest absolute Gasteiger partial charge is 0.222 e. The number of benzene rings is 2. The molecular weight excluding hydrogens is 709 g/mol. The summed E-state index contributed by atoms with van der Waals surface area (Å²) in [7, 11) is 3.35. The summed E-state index contributed by atoms with van der Waals surface area (Å²) in [5, 5.41) is 25.0. The predicted octanol–water partition coefficient (Wildman–Crippen LogP) is 6.58. The van der Waals surface area contributed by atoms with Gasteiger partial charge in [-0.25, -0.2) is 9.97 Å². The van der Waals surface area contributed by atoms with Gasteiger partial charge in [-0.1, -0.05) is 70.2 Å². The molecule has 56 heavy (non-hydrogen) atoms. The number of hydrogen-bond donors (Lipinski definition) is 5. The molecule has 15 heteroatoms. The van der Waals surface area contributed by atoms with Gasteiger partial charge in [0.05, 0.1) is 46.3 Å². The molecule has 1 fully saturated rings. The number of nitrogens with one attached hydrogen (secondary N) is 2. The van der Waals surface area contributed by atoms with E-state index < -0.39 is 0 Å². The van der Waals surface area contributed by atoms with E-state index in [1.807, 2.05) is 27.6 Å². The molecule has 298 valence electrons. The molecule has 0 aliphatic heterocycles. The van der Waals surface area contributed by atoms with E-state index in [1.54, 1.807) is 26.6 Å². The number of aromatic nitrogens is 8. The molecule has 0 amide bonds. The van der Waals surface area contributed by atoms with Crippen LogP contribution in [0.3, 0.4) is 0 Å². The van der Waals surface area contributed by atoms with Crippen LogP contribution in [0.5, 0.6) is 11.5 Å². The number of aliphatic hydroxyl groups is 1. The zero-order chi connectivity index (χ0) is 39.4. The standard InChI is InChI=1S/C23H32N6O.C18H24N6O2/c1-3-4-12-25-22-21-19(27-23(24)28-22)14-26-29(21)15-18-11-10-17(13-20(18)30-2)9-8-16-6-5-7-16;1-3-4-7-20-17-16-14(22-18(19)23-17)9-21-24(16)10-13-6-5-12(11-25)8-15(13)26-2/h10-11,13-14,16H,3-9,12,15H2,1-2H3,(H3,24,25,27,28);5-6,8-9,25H,3-4,7,10-11H2,1-2H3,(H3,19,20,22,23). The van der Waals surface area contributed by atoms with Crippen molar-refractivity contribution in [2.24, 2.45) is 5.92 Å². The molecule has 7 N–H and O–H groups in total. The van der Waals surface area contributed by atoms with Crippen LogP contribution in [0.4, 0.5) is 23.5 Å². The van der Waals surface area contributed by atoms with E-state index in [2.05, 4.69) is 72.8 Å². The van der Waals surface area contributed by atoms with Gasteiger partial charge in [0.1, 0.15) is 33.6 Å². The SMILES string of the molecule is CCCCNc1nc(N)nc2cnn(Cc3ccc(CCC4CCC4)cc3OC)c12.CCCCNc1nc(N)nc2cnn(Cc3ccc(CO)cc3OC)c12. The average Bonchev–Trinajstić information content (AvgIpc) is 3.78. The van der Waals surface area contributed by atoms with Crippen molar-refractivity contribution in [2.45, 2.75) is 91.3 Å². The molecule has 6 aromatic rings. The third-order valence-corrected chi connectivity index (χ3v) is 10.2. The van der Waals surface area contributed by atoms with Gasteiger partial charge in [-0.3, -0.25) is 9.36 Å². The molecule has 0 saturated heterocycles. The third kappa shape index (κ3) is 9.75. The average molecular weight is 765 g/mol. The Morgan fingerprint density at radius 2 is 1.23 bits per heavy atom. The molecule has 2 aromatic carbocycles. The number of methoxy groups -OCH3 is 2. The number of nitrogens with zero attached hydrogens (tertiary/aromatic N) is 8. The van der Waals surface area contributed by atoms with Crippen molar-refractivity contribution in [3.63, 3.8) is 0 Å². The molecule has 0 spiro atoms.